The van der Waals surface area contributed by atoms with Crippen LogP contribution in [0.4, 0.5) is 5.82 Å². The summed E-state index contributed by atoms with van der Waals surface area (Å²) in [4.78, 5) is 15.9. The van der Waals surface area contributed by atoms with E-state index in [-0.39, 0.29) is 5.91 Å². The molecule has 0 spiro atoms. The van der Waals surface area contributed by atoms with E-state index in [2.05, 4.69) is 15.8 Å². The SMILES string of the molecule is NNc1cccc(C(=O)NN2CCOCC2)n1. The van der Waals surface area contributed by atoms with Crippen molar-refractivity contribution in [2.75, 3.05) is 31.7 Å². The van der Waals surface area contributed by atoms with Crippen LogP contribution in [-0.4, -0.2) is 42.2 Å². The first-order chi connectivity index (χ1) is 8.29. The summed E-state index contributed by atoms with van der Waals surface area (Å²) in [5.41, 5.74) is 5.50. The van der Waals surface area contributed by atoms with Crippen molar-refractivity contribution in [3.05, 3.63) is 23.9 Å². The fourth-order valence-corrected chi connectivity index (χ4v) is 1.52. The number of nitrogens with zero attached hydrogens (tertiary/aromatic N) is 2. The number of nitrogens with two attached hydrogens (primary N) is 1. The Balaban J connectivity index is 1.98. The van der Waals surface area contributed by atoms with Gasteiger partial charge < -0.3 is 10.2 Å². The number of hydrogen-bond acceptors (Lipinski definition) is 6. The first-order valence-electron chi connectivity index (χ1n) is 5.37. The standard InChI is InChI=1S/C10H15N5O2/c11-13-9-3-1-2-8(12-9)10(16)14-15-4-6-17-7-5-15/h1-3H,4-7,11H2,(H,12,13)(H,14,16). The van der Waals surface area contributed by atoms with Crippen LogP contribution in [0.5, 0.6) is 0 Å². The third-order valence-corrected chi connectivity index (χ3v) is 2.40. The number of amides is 1. The van der Waals surface area contributed by atoms with Gasteiger partial charge in [0, 0.05) is 13.1 Å². The zero-order valence-corrected chi connectivity index (χ0v) is 9.35. The van der Waals surface area contributed by atoms with Crippen LogP contribution in [0.1, 0.15) is 10.5 Å². The van der Waals surface area contributed by atoms with E-state index in [0.29, 0.717) is 37.8 Å². The third-order valence-electron chi connectivity index (χ3n) is 2.40. The Hall–Kier alpha value is -1.70. The highest BCUT2D eigenvalue weighted by Crippen LogP contribution is 2.03. The van der Waals surface area contributed by atoms with Crippen LogP contribution < -0.4 is 16.7 Å². The number of hydrogen-bond donors (Lipinski definition) is 3. The van der Waals surface area contributed by atoms with Crippen LogP contribution in [0.25, 0.3) is 0 Å². The van der Waals surface area contributed by atoms with Gasteiger partial charge in [-0.15, -0.1) is 0 Å². The Kier molecular flexibility index (Phi) is 3.86. The number of nitrogens with one attached hydrogen (secondary N) is 2. The molecule has 92 valence electrons. The Bertz CT molecular complexity index is 392. The summed E-state index contributed by atoms with van der Waals surface area (Å²) in [7, 11) is 0. The number of hydrazine groups is 2. The van der Waals surface area contributed by atoms with Crippen molar-refractivity contribution in [3.63, 3.8) is 0 Å². The minimum atomic E-state index is -0.246. The lowest BCUT2D eigenvalue weighted by molar-refractivity contribution is 0.0124. The van der Waals surface area contributed by atoms with E-state index in [1.807, 2.05) is 5.01 Å². The molecule has 7 nitrogen and oxygen atoms in total. The van der Waals surface area contributed by atoms with Gasteiger partial charge in [0.05, 0.1) is 13.2 Å². The van der Waals surface area contributed by atoms with Gasteiger partial charge in [-0.05, 0) is 12.1 Å². The van der Waals surface area contributed by atoms with Crippen LogP contribution in [0.15, 0.2) is 18.2 Å². The molecule has 0 unspecified atom stereocenters. The average Bonchev–Trinajstić information content (AvgIpc) is 2.40. The molecule has 1 aromatic heterocycles. The lowest BCUT2D eigenvalue weighted by atomic mass is 10.3. The molecule has 0 atom stereocenters. The number of carbonyl (C=O) groups excluding carboxylic acids is 1. The van der Waals surface area contributed by atoms with E-state index in [1.54, 1.807) is 18.2 Å². The van der Waals surface area contributed by atoms with Crippen molar-refractivity contribution in [3.8, 4) is 0 Å². The Labute approximate surface area is 98.9 Å². The maximum Gasteiger partial charge on any atom is 0.284 e. The average molecular weight is 237 g/mol. The van der Waals surface area contributed by atoms with Gasteiger partial charge in [-0.2, -0.15) is 0 Å². The highest BCUT2D eigenvalue weighted by atomic mass is 16.5. The van der Waals surface area contributed by atoms with Crippen molar-refractivity contribution in [2.45, 2.75) is 0 Å². The second kappa shape index (κ2) is 5.58. The van der Waals surface area contributed by atoms with Gasteiger partial charge in [0.25, 0.3) is 5.91 Å². The molecule has 2 heterocycles. The number of anilines is 1. The van der Waals surface area contributed by atoms with Crippen LogP contribution in [-0.2, 0) is 4.74 Å². The van der Waals surface area contributed by atoms with E-state index in [1.165, 1.54) is 0 Å². The maximum atomic E-state index is 11.9. The predicted molar refractivity (Wildman–Crippen MR) is 61.9 cm³/mol. The monoisotopic (exact) mass is 237 g/mol. The Morgan fingerprint density at radius 3 is 2.88 bits per heavy atom. The summed E-state index contributed by atoms with van der Waals surface area (Å²) in [6.45, 7) is 2.61. The second-order valence-electron chi connectivity index (χ2n) is 3.59. The molecule has 0 aromatic carbocycles. The van der Waals surface area contributed by atoms with E-state index in [9.17, 15) is 4.79 Å². The molecule has 7 heteroatoms. The van der Waals surface area contributed by atoms with E-state index in [4.69, 9.17) is 10.6 Å². The molecule has 1 aliphatic heterocycles. The van der Waals surface area contributed by atoms with Gasteiger partial charge in [-0.25, -0.2) is 15.8 Å². The van der Waals surface area contributed by atoms with Gasteiger partial charge >= 0.3 is 0 Å². The highest BCUT2D eigenvalue weighted by Gasteiger charge is 2.15. The summed E-state index contributed by atoms with van der Waals surface area (Å²) in [6, 6.07) is 5.04. The van der Waals surface area contributed by atoms with Crippen molar-refractivity contribution >= 4 is 11.7 Å². The molecule has 0 aliphatic carbocycles. The molecule has 1 saturated heterocycles. The molecule has 4 N–H and O–H groups in total. The summed E-state index contributed by atoms with van der Waals surface area (Å²) < 4.78 is 5.19. The number of morpholine rings is 1. The predicted octanol–water partition coefficient (Wildman–Crippen LogP) is -0.656. The number of rotatable bonds is 3. The minimum absolute atomic E-state index is 0.246. The molecular weight excluding hydrogens is 222 g/mol. The zero-order valence-electron chi connectivity index (χ0n) is 9.35. The number of aromatic nitrogens is 1. The van der Waals surface area contributed by atoms with E-state index >= 15 is 0 Å². The normalized spacial score (nSPS) is 16.5. The second-order valence-corrected chi connectivity index (χ2v) is 3.59. The lowest BCUT2D eigenvalue weighted by Gasteiger charge is -2.26. The molecule has 17 heavy (non-hydrogen) atoms. The molecule has 1 aliphatic rings. The topological polar surface area (TPSA) is 92.5 Å². The Morgan fingerprint density at radius 1 is 1.41 bits per heavy atom. The van der Waals surface area contributed by atoms with Crippen molar-refractivity contribution < 1.29 is 9.53 Å². The maximum absolute atomic E-state index is 11.9. The molecule has 1 amide bonds. The highest BCUT2D eigenvalue weighted by molar-refractivity contribution is 5.92. The molecule has 1 fully saturated rings. The van der Waals surface area contributed by atoms with Crippen LogP contribution in [0.3, 0.4) is 0 Å². The Morgan fingerprint density at radius 2 is 2.18 bits per heavy atom. The summed E-state index contributed by atoms with van der Waals surface area (Å²) >= 11 is 0. The summed E-state index contributed by atoms with van der Waals surface area (Å²) in [5.74, 6) is 5.44. The van der Waals surface area contributed by atoms with Gasteiger partial charge in [0.2, 0.25) is 0 Å². The van der Waals surface area contributed by atoms with E-state index in [0.717, 1.165) is 0 Å². The summed E-state index contributed by atoms with van der Waals surface area (Å²) in [6.07, 6.45) is 0. The van der Waals surface area contributed by atoms with Crippen LogP contribution >= 0.6 is 0 Å². The quantitative estimate of drug-likeness (QED) is 0.477. The van der Waals surface area contributed by atoms with E-state index < -0.39 is 0 Å². The number of nitrogen functional groups attached to an aromatic ring is 1. The van der Waals surface area contributed by atoms with Crippen LogP contribution in [0.2, 0.25) is 0 Å². The fourth-order valence-electron chi connectivity index (χ4n) is 1.52. The smallest absolute Gasteiger partial charge is 0.284 e. The number of carbonyl (C=O) groups is 1. The largest absolute Gasteiger partial charge is 0.379 e. The first kappa shape index (κ1) is 11.8. The van der Waals surface area contributed by atoms with Gasteiger partial charge in [-0.1, -0.05) is 6.07 Å². The van der Waals surface area contributed by atoms with Gasteiger partial charge in [-0.3, -0.25) is 10.2 Å². The number of ether oxygens (including phenoxy) is 1. The molecule has 0 bridgehead atoms. The third kappa shape index (κ3) is 3.13. The fraction of sp³-hybridized carbons (Fsp3) is 0.400. The van der Waals surface area contributed by atoms with Crippen LogP contribution in [0, 0.1) is 0 Å². The lowest BCUT2D eigenvalue weighted by Crippen LogP contribution is -2.48. The van der Waals surface area contributed by atoms with Gasteiger partial charge in [0.15, 0.2) is 0 Å². The molecule has 0 saturated carbocycles. The molecule has 0 radical (unpaired) electrons. The van der Waals surface area contributed by atoms with Gasteiger partial charge in [0.1, 0.15) is 11.5 Å². The summed E-state index contributed by atoms with van der Waals surface area (Å²) in [5, 5.41) is 1.82. The first-order valence-corrected chi connectivity index (χ1v) is 5.37. The zero-order chi connectivity index (χ0) is 12.1. The molecule has 2 rings (SSSR count). The van der Waals surface area contributed by atoms with Crippen molar-refractivity contribution in [2.24, 2.45) is 5.84 Å². The molecular formula is C10H15N5O2. The van der Waals surface area contributed by atoms with Crippen molar-refractivity contribution in [1.82, 2.24) is 15.4 Å². The number of pyridine rings is 1. The molecule has 1 aromatic rings. The van der Waals surface area contributed by atoms with Crippen molar-refractivity contribution in [1.29, 1.82) is 0 Å². The minimum Gasteiger partial charge on any atom is -0.379 e.